The number of carbonyl (C=O) groups excluding carboxylic acids is 2. The summed E-state index contributed by atoms with van der Waals surface area (Å²) in [6, 6.07) is 0. The maximum absolute atomic E-state index is 13.4. The molecule has 3 saturated carbocycles. The Kier molecular flexibility index (Phi) is 16.6. The summed E-state index contributed by atoms with van der Waals surface area (Å²) in [7, 11) is 3.30. The van der Waals surface area contributed by atoms with E-state index in [1.54, 1.807) is 34.1 Å². The van der Waals surface area contributed by atoms with Crippen LogP contribution >= 0.6 is 0 Å². The van der Waals surface area contributed by atoms with Crippen molar-refractivity contribution < 1.29 is 77.0 Å². The molecule has 7 fully saturated rings. The molecule has 25 atom stereocenters. The van der Waals surface area contributed by atoms with Crippen molar-refractivity contribution in [2.45, 2.75) is 250 Å². The third-order valence-corrected chi connectivity index (χ3v) is 19.0. The topological polar surface area (TPSA) is 196 Å². The van der Waals surface area contributed by atoms with E-state index in [4.69, 9.17) is 52.1 Å². The lowest BCUT2D eigenvalue weighted by Gasteiger charge is -2.63. The van der Waals surface area contributed by atoms with Crippen molar-refractivity contribution in [1.29, 1.82) is 0 Å². The van der Waals surface area contributed by atoms with Crippen LogP contribution in [0.3, 0.4) is 0 Å². The van der Waals surface area contributed by atoms with Gasteiger partial charge in [0.25, 0.3) is 0 Å². The molecule has 0 aromatic rings. The number of fused-ring (bicyclic) bond motifs is 5. The van der Waals surface area contributed by atoms with Crippen molar-refractivity contribution in [3.05, 3.63) is 23.3 Å². The highest BCUT2D eigenvalue weighted by Gasteiger charge is 2.71. The molecule has 70 heavy (non-hydrogen) atoms. The van der Waals surface area contributed by atoms with E-state index in [1.807, 2.05) is 55.4 Å². The first-order valence-electron chi connectivity index (χ1n) is 26.5. The molecule has 16 heteroatoms. The van der Waals surface area contributed by atoms with Gasteiger partial charge in [-0.15, -0.1) is 0 Å². The lowest BCUT2D eigenvalue weighted by Crippen LogP contribution is -2.66. The molecule has 4 heterocycles. The van der Waals surface area contributed by atoms with E-state index in [0.717, 1.165) is 19.3 Å². The molecule has 3 N–H and O–H groups in total. The number of carbonyl (C=O) groups is 2. The molecule has 0 aromatic carbocycles. The third kappa shape index (κ3) is 9.91. The Bertz CT molecular complexity index is 1900. The number of esters is 1. The predicted molar refractivity (Wildman–Crippen MR) is 255 cm³/mol. The van der Waals surface area contributed by atoms with Crippen LogP contribution in [0.1, 0.15) is 140 Å². The normalized spacial score (nSPS) is 50.9. The maximum Gasteiger partial charge on any atom is 0.333 e. The highest BCUT2D eigenvalue weighted by atomic mass is 16.8. The minimum Gasteiger partial charge on any atom is -0.458 e. The summed E-state index contributed by atoms with van der Waals surface area (Å²) in [5.41, 5.74) is -0.446. The molecule has 4 aliphatic carbocycles. The Morgan fingerprint density at radius 2 is 1.30 bits per heavy atom. The lowest BCUT2D eigenvalue weighted by molar-refractivity contribution is -0.357. The summed E-state index contributed by atoms with van der Waals surface area (Å²) in [5, 5.41) is 34.7. The molecule has 8 aliphatic rings. The van der Waals surface area contributed by atoms with Gasteiger partial charge in [-0.25, -0.2) is 4.79 Å². The monoisotopic (exact) mass is 991 g/mol. The summed E-state index contributed by atoms with van der Waals surface area (Å²) in [6.45, 7) is 21.0. The minimum absolute atomic E-state index is 0.0139. The molecule has 0 bridgehead atoms. The number of ketones is 1. The fraction of sp³-hybridized carbons (Fsp3) is 0.889. The summed E-state index contributed by atoms with van der Waals surface area (Å²) >= 11 is 0. The van der Waals surface area contributed by atoms with Crippen LogP contribution in [0.2, 0.25) is 0 Å². The Balaban J connectivity index is 0.860. The van der Waals surface area contributed by atoms with Crippen molar-refractivity contribution in [3.63, 3.8) is 0 Å². The smallest absolute Gasteiger partial charge is 0.333 e. The van der Waals surface area contributed by atoms with E-state index in [-0.39, 0.29) is 59.1 Å². The first-order chi connectivity index (χ1) is 33.1. The number of ether oxygens (including phenoxy) is 11. The number of aliphatic hydroxyl groups is 3. The van der Waals surface area contributed by atoms with E-state index in [2.05, 4.69) is 13.0 Å². The zero-order chi connectivity index (χ0) is 50.8. The molecule has 0 aromatic heterocycles. The first-order valence-corrected chi connectivity index (χ1v) is 26.5. The van der Waals surface area contributed by atoms with Crippen molar-refractivity contribution in [2.24, 2.45) is 40.4 Å². The van der Waals surface area contributed by atoms with Crippen LogP contribution in [0.5, 0.6) is 0 Å². The molecule has 0 spiro atoms. The summed E-state index contributed by atoms with van der Waals surface area (Å²) < 4.78 is 70.0. The van der Waals surface area contributed by atoms with Gasteiger partial charge in [-0.3, -0.25) is 4.79 Å². The Morgan fingerprint density at radius 1 is 0.714 bits per heavy atom. The van der Waals surface area contributed by atoms with Crippen molar-refractivity contribution >= 4 is 11.8 Å². The first kappa shape index (κ1) is 54.4. The SMILES string of the molecule is C/C=C(\C)C(=O)O[C@@H]1CC2C(CC=C3C[C@@H](OC4CC(OC)C(OC5CC(OC)C(OC6OC(C)C(OC7CC(C)C(O)C(C)O7)C(C)C6O)C(C)O5)C(C)O4)CC[C@@]32C)[C@@]2(O)CCC(C(C)=O)[C@@]12C. The quantitative estimate of drug-likeness (QED) is 0.103. The average Bonchev–Trinajstić information content (AvgIpc) is 3.61. The highest BCUT2D eigenvalue weighted by molar-refractivity contribution is 5.88. The van der Waals surface area contributed by atoms with E-state index in [0.29, 0.717) is 50.5 Å². The molecule has 16 nitrogen and oxygen atoms in total. The number of hydrogen-bond acceptors (Lipinski definition) is 16. The summed E-state index contributed by atoms with van der Waals surface area (Å²) in [6.07, 6.45) is 1.35. The number of hydrogen-bond donors (Lipinski definition) is 3. The van der Waals surface area contributed by atoms with Crippen LogP contribution in [0, 0.1) is 40.4 Å². The predicted octanol–water partition coefficient (Wildman–Crippen LogP) is 6.47. The molecule has 20 unspecified atom stereocenters. The van der Waals surface area contributed by atoms with Gasteiger partial charge in [0.1, 0.15) is 30.2 Å². The number of Topliss-reactive ketones (excluding diaryl/α,β-unsaturated/α-hetero) is 1. The van der Waals surface area contributed by atoms with Gasteiger partial charge < -0.3 is 67.4 Å². The minimum atomic E-state index is -1.15. The molecule has 4 aliphatic heterocycles. The van der Waals surface area contributed by atoms with Gasteiger partial charge in [0, 0.05) is 56.3 Å². The van der Waals surface area contributed by atoms with Gasteiger partial charge in [-0.2, -0.15) is 0 Å². The van der Waals surface area contributed by atoms with Crippen LogP contribution in [0.4, 0.5) is 0 Å². The number of aliphatic hydroxyl groups excluding tert-OH is 2. The fourth-order valence-corrected chi connectivity index (χ4v) is 14.5. The molecule has 398 valence electrons. The second-order valence-corrected chi connectivity index (χ2v) is 23.0. The average molecular weight is 991 g/mol. The van der Waals surface area contributed by atoms with E-state index in [9.17, 15) is 24.9 Å². The number of rotatable bonds is 13. The summed E-state index contributed by atoms with van der Waals surface area (Å²) in [4.78, 5) is 26.5. The van der Waals surface area contributed by atoms with E-state index < -0.39 is 103 Å². The van der Waals surface area contributed by atoms with Crippen molar-refractivity contribution in [1.82, 2.24) is 0 Å². The maximum atomic E-state index is 13.4. The third-order valence-electron chi connectivity index (χ3n) is 19.0. The molecule has 8 rings (SSSR count). The van der Waals surface area contributed by atoms with Crippen LogP contribution < -0.4 is 0 Å². The van der Waals surface area contributed by atoms with Crippen LogP contribution in [-0.2, 0) is 61.7 Å². The molecular formula is C54H86O16. The van der Waals surface area contributed by atoms with Crippen LogP contribution in [-0.4, -0.2) is 151 Å². The standard InChI is InChI=1S/C54H86O16/c1-14-26(2)50(58)67-41-23-38-37(54(59)20-18-36(29(5)55)53(41,54)11)16-15-34-22-35(17-19-52(34,38)10)66-43-24-39(60-12)48(32(8)63-43)69-44-25-40(61-13)49(33(9)64-44)70-51-46(57)28(4)47(31(7)65-51)68-42-21-27(3)45(56)30(6)62-42/h14-15,27-28,30-33,35-49,51,56-57,59H,16-25H2,1-13H3/b26-14+/t27?,28?,30?,31?,32?,33?,35-,36?,37?,38?,39?,40?,41+,42?,43?,44?,45?,46?,47?,48?,49?,51?,52-,53-,54-/m0/s1. The van der Waals surface area contributed by atoms with Crippen LogP contribution in [0.15, 0.2) is 23.3 Å². The Labute approximate surface area is 416 Å². The van der Waals surface area contributed by atoms with Gasteiger partial charge in [0.2, 0.25) is 0 Å². The van der Waals surface area contributed by atoms with Crippen molar-refractivity contribution in [2.75, 3.05) is 14.2 Å². The van der Waals surface area contributed by atoms with Gasteiger partial charge in [0.15, 0.2) is 25.2 Å². The van der Waals surface area contributed by atoms with Gasteiger partial charge in [-0.05, 0) is 117 Å². The second-order valence-electron chi connectivity index (χ2n) is 23.0. The van der Waals surface area contributed by atoms with Gasteiger partial charge >= 0.3 is 5.97 Å². The van der Waals surface area contributed by atoms with Gasteiger partial charge in [0.05, 0.1) is 60.5 Å². The zero-order valence-corrected chi connectivity index (χ0v) is 44.1. The van der Waals surface area contributed by atoms with E-state index in [1.165, 1.54) is 5.57 Å². The number of methoxy groups -OCH3 is 2. The molecule has 0 radical (unpaired) electrons. The molecule has 0 amide bonds. The zero-order valence-electron chi connectivity index (χ0n) is 44.1. The van der Waals surface area contributed by atoms with Crippen molar-refractivity contribution in [3.8, 4) is 0 Å². The molecular weight excluding hydrogens is 905 g/mol. The van der Waals surface area contributed by atoms with Gasteiger partial charge in [-0.1, -0.05) is 45.4 Å². The fourth-order valence-electron chi connectivity index (χ4n) is 14.5. The Hall–Kier alpha value is -1.90. The Morgan fingerprint density at radius 3 is 1.91 bits per heavy atom. The largest absolute Gasteiger partial charge is 0.458 e. The van der Waals surface area contributed by atoms with E-state index >= 15 is 0 Å². The van der Waals surface area contributed by atoms with Crippen LogP contribution in [0.25, 0.3) is 0 Å². The molecule has 4 saturated heterocycles. The summed E-state index contributed by atoms with van der Waals surface area (Å²) in [5.74, 6) is -1.06. The second kappa shape index (κ2) is 21.4. The number of allylic oxidation sites excluding steroid dienone is 2. The lowest BCUT2D eigenvalue weighted by atomic mass is 9.45. The highest BCUT2D eigenvalue weighted by Crippen LogP contribution is 2.68.